The number of carbonyl (C=O) groups is 1. The molecule has 4 rings (SSSR count). The zero-order valence-electron chi connectivity index (χ0n) is 14.7. The van der Waals surface area contributed by atoms with E-state index in [-0.39, 0.29) is 11.5 Å². The maximum atomic E-state index is 12.6. The van der Waals surface area contributed by atoms with Gasteiger partial charge in [0.15, 0.2) is 5.82 Å². The first-order valence-corrected chi connectivity index (χ1v) is 9.08. The third kappa shape index (κ3) is 3.50. The van der Waals surface area contributed by atoms with Gasteiger partial charge in [0.25, 0.3) is 5.56 Å². The molecule has 2 aromatic heterocycles. The third-order valence-corrected chi connectivity index (χ3v) is 4.86. The van der Waals surface area contributed by atoms with Crippen LogP contribution in [0.1, 0.15) is 18.1 Å². The number of rotatable bonds is 3. The summed E-state index contributed by atoms with van der Waals surface area (Å²) in [5.41, 5.74) is 2.62. The van der Waals surface area contributed by atoms with Crippen LogP contribution in [0.15, 0.2) is 53.3 Å². The van der Waals surface area contributed by atoms with Crippen LogP contribution in [-0.2, 0) is 4.79 Å². The van der Waals surface area contributed by atoms with E-state index in [1.54, 1.807) is 30.3 Å². The number of aryl methyl sites for hydroxylation is 1. The second-order valence-corrected chi connectivity index (χ2v) is 7.09. The number of carbonyl (C=O) groups excluding carboxylic acids is 1. The van der Waals surface area contributed by atoms with E-state index in [2.05, 4.69) is 10.1 Å². The van der Waals surface area contributed by atoms with E-state index in [1.165, 1.54) is 22.8 Å². The fraction of sp³-hybridized carbons (Fsp3) is 0.100. The molecular weight excluding hydrogens is 362 g/mol. The van der Waals surface area contributed by atoms with Crippen molar-refractivity contribution in [1.82, 2.24) is 14.6 Å². The maximum absolute atomic E-state index is 12.6. The van der Waals surface area contributed by atoms with Crippen LogP contribution in [0, 0.1) is 6.92 Å². The molecule has 27 heavy (non-hydrogen) atoms. The zero-order valence-corrected chi connectivity index (χ0v) is 15.5. The van der Waals surface area contributed by atoms with Gasteiger partial charge in [-0.25, -0.2) is 0 Å². The molecule has 0 aliphatic carbocycles. The molecule has 2 heterocycles. The molecule has 0 atom stereocenters. The van der Waals surface area contributed by atoms with Gasteiger partial charge in [0, 0.05) is 12.5 Å². The molecule has 134 valence electrons. The summed E-state index contributed by atoms with van der Waals surface area (Å²) < 4.78 is 6.88. The van der Waals surface area contributed by atoms with E-state index in [4.69, 9.17) is 4.74 Å². The van der Waals surface area contributed by atoms with E-state index in [9.17, 15) is 9.59 Å². The minimum absolute atomic E-state index is 0.203. The van der Waals surface area contributed by atoms with E-state index in [0.29, 0.717) is 21.1 Å². The largest absolute Gasteiger partial charge is 0.427 e. The van der Waals surface area contributed by atoms with Crippen molar-refractivity contribution in [3.63, 3.8) is 0 Å². The molecule has 0 saturated carbocycles. The number of hydrogen-bond donors (Lipinski definition) is 0. The van der Waals surface area contributed by atoms with Gasteiger partial charge in [-0.2, -0.15) is 9.50 Å². The van der Waals surface area contributed by atoms with Crippen LogP contribution < -0.4 is 14.8 Å². The smallest absolute Gasteiger partial charge is 0.308 e. The Bertz CT molecular complexity index is 1260. The highest BCUT2D eigenvalue weighted by Crippen LogP contribution is 2.18. The summed E-state index contributed by atoms with van der Waals surface area (Å²) >= 11 is 1.29. The van der Waals surface area contributed by atoms with Gasteiger partial charge in [-0.1, -0.05) is 47.2 Å². The lowest BCUT2D eigenvalue weighted by molar-refractivity contribution is -0.131. The monoisotopic (exact) mass is 377 g/mol. The number of fused-ring (bicyclic) bond motifs is 1. The van der Waals surface area contributed by atoms with E-state index in [0.717, 1.165) is 16.7 Å². The number of benzene rings is 2. The molecule has 2 aromatic carbocycles. The van der Waals surface area contributed by atoms with Gasteiger partial charge in [0.05, 0.1) is 4.53 Å². The second-order valence-electron chi connectivity index (χ2n) is 6.08. The first kappa shape index (κ1) is 17.1. The van der Waals surface area contributed by atoms with Gasteiger partial charge in [0.2, 0.25) is 4.96 Å². The Balaban J connectivity index is 1.70. The summed E-state index contributed by atoms with van der Waals surface area (Å²) in [6.45, 7) is 3.35. The van der Waals surface area contributed by atoms with Gasteiger partial charge in [-0.15, -0.1) is 5.10 Å². The average Bonchev–Trinajstić information content (AvgIpc) is 3.16. The van der Waals surface area contributed by atoms with Crippen molar-refractivity contribution in [2.45, 2.75) is 13.8 Å². The summed E-state index contributed by atoms with van der Waals surface area (Å²) in [4.78, 5) is 28.6. The molecule has 0 N–H and O–H groups in total. The molecule has 7 heteroatoms. The van der Waals surface area contributed by atoms with Crippen molar-refractivity contribution in [2.24, 2.45) is 0 Å². The lowest BCUT2D eigenvalue weighted by Gasteiger charge is -2.00. The van der Waals surface area contributed by atoms with Crippen LogP contribution in [0.4, 0.5) is 0 Å². The standard InChI is InChI=1S/C20H15N3O3S/c1-12-4-3-5-15(10-12)18-21-20-23(22-18)19(25)17(27-20)11-14-6-8-16(9-7-14)26-13(2)24/h3-11H,1-2H3. The molecule has 6 nitrogen and oxygen atoms in total. The van der Waals surface area contributed by atoms with Crippen LogP contribution in [0.3, 0.4) is 0 Å². The quantitative estimate of drug-likeness (QED) is 0.405. The third-order valence-electron chi connectivity index (χ3n) is 3.90. The summed E-state index contributed by atoms with van der Waals surface area (Å²) in [5, 5.41) is 4.36. The van der Waals surface area contributed by atoms with Crippen LogP contribution >= 0.6 is 11.3 Å². The number of hydrogen-bond acceptors (Lipinski definition) is 6. The minimum Gasteiger partial charge on any atom is -0.427 e. The molecule has 0 bridgehead atoms. The first-order valence-electron chi connectivity index (χ1n) is 8.26. The highest BCUT2D eigenvalue weighted by Gasteiger charge is 2.12. The molecule has 0 radical (unpaired) electrons. The molecule has 0 aliphatic rings. The molecule has 0 unspecified atom stereocenters. The van der Waals surface area contributed by atoms with Crippen LogP contribution in [0.25, 0.3) is 22.4 Å². The lowest BCUT2D eigenvalue weighted by atomic mass is 10.1. The summed E-state index contributed by atoms with van der Waals surface area (Å²) in [6, 6.07) is 14.8. The molecule has 0 saturated heterocycles. The predicted molar refractivity (Wildman–Crippen MR) is 104 cm³/mol. The first-order chi connectivity index (χ1) is 13.0. The second kappa shape index (κ2) is 6.77. The van der Waals surface area contributed by atoms with Gasteiger partial charge in [-0.05, 0) is 36.8 Å². The Morgan fingerprint density at radius 3 is 2.63 bits per heavy atom. The fourth-order valence-corrected chi connectivity index (χ4v) is 3.60. The fourth-order valence-electron chi connectivity index (χ4n) is 2.69. The normalized spacial score (nSPS) is 11.9. The predicted octanol–water partition coefficient (Wildman–Crippen LogP) is 2.60. The highest BCUT2D eigenvalue weighted by molar-refractivity contribution is 7.15. The SMILES string of the molecule is CC(=O)Oc1ccc(C=c2sc3nc(-c4cccc(C)c4)nn3c2=O)cc1. The van der Waals surface area contributed by atoms with Crippen molar-refractivity contribution in [1.29, 1.82) is 0 Å². The summed E-state index contributed by atoms with van der Waals surface area (Å²) in [5.74, 6) is 0.635. The number of thiazole rings is 1. The van der Waals surface area contributed by atoms with Crippen LogP contribution in [0.2, 0.25) is 0 Å². The van der Waals surface area contributed by atoms with Crippen LogP contribution in [-0.4, -0.2) is 20.6 Å². The lowest BCUT2D eigenvalue weighted by Crippen LogP contribution is -2.23. The zero-order chi connectivity index (χ0) is 19.0. The Hall–Kier alpha value is -3.32. The topological polar surface area (TPSA) is 73.6 Å². The molecule has 0 aliphatic heterocycles. The Morgan fingerprint density at radius 2 is 1.96 bits per heavy atom. The van der Waals surface area contributed by atoms with E-state index in [1.807, 2.05) is 31.2 Å². The summed E-state index contributed by atoms with van der Waals surface area (Å²) in [7, 11) is 0. The molecular formula is C20H15N3O3S. The van der Waals surface area contributed by atoms with Crippen molar-refractivity contribution < 1.29 is 9.53 Å². The minimum atomic E-state index is -0.372. The Labute approximate surface area is 158 Å². The van der Waals surface area contributed by atoms with Crippen molar-refractivity contribution in [3.8, 4) is 17.1 Å². The molecule has 4 aromatic rings. The van der Waals surface area contributed by atoms with Gasteiger partial charge < -0.3 is 4.74 Å². The number of esters is 1. The van der Waals surface area contributed by atoms with Gasteiger partial charge >= 0.3 is 5.97 Å². The van der Waals surface area contributed by atoms with Crippen LogP contribution in [0.5, 0.6) is 5.75 Å². The van der Waals surface area contributed by atoms with Crippen molar-refractivity contribution in [3.05, 3.63) is 74.5 Å². The van der Waals surface area contributed by atoms with Gasteiger partial charge in [-0.3, -0.25) is 9.59 Å². The van der Waals surface area contributed by atoms with E-state index < -0.39 is 0 Å². The van der Waals surface area contributed by atoms with Crippen molar-refractivity contribution in [2.75, 3.05) is 0 Å². The molecule has 0 spiro atoms. The summed E-state index contributed by atoms with van der Waals surface area (Å²) in [6.07, 6.45) is 1.77. The number of nitrogens with zero attached hydrogens (tertiary/aromatic N) is 3. The number of ether oxygens (including phenoxy) is 1. The number of aromatic nitrogens is 3. The van der Waals surface area contributed by atoms with Crippen molar-refractivity contribution >= 4 is 28.3 Å². The Kier molecular flexibility index (Phi) is 4.29. The molecule has 0 amide bonds. The maximum Gasteiger partial charge on any atom is 0.308 e. The molecule has 0 fully saturated rings. The van der Waals surface area contributed by atoms with E-state index >= 15 is 0 Å². The average molecular weight is 377 g/mol. The highest BCUT2D eigenvalue weighted by atomic mass is 32.1. The Morgan fingerprint density at radius 1 is 1.19 bits per heavy atom. The van der Waals surface area contributed by atoms with Gasteiger partial charge in [0.1, 0.15) is 5.75 Å².